The predicted octanol–water partition coefficient (Wildman–Crippen LogP) is 3.44. The van der Waals surface area contributed by atoms with Crippen molar-refractivity contribution in [2.24, 2.45) is 0 Å². The van der Waals surface area contributed by atoms with Crippen LogP contribution in [0, 0.1) is 0 Å². The van der Waals surface area contributed by atoms with Crippen LogP contribution in [0.2, 0.25) is 0 Å². The molecule has 0 aliphatic rings. The van der Waals surface area contributed by atoms with Crippen molar-refractivity contribution in [3.05, 3.63) is 53.9 Å². The standard InChI is InChI=1S/C18H21NO4S/c1-3-4-7-16(20)15-8-9-17(23-2)18(11-15)24(21,22)13-14-6-5-10-19-12-14/h5-6,8-12H,3-4,7,13H2,1-2H3. The summed E-state index contributed by atoms with van der Waals surface area (Å²) in [7, 11) is -2.24. The molecule has 0 aliphatic heterocycles. The van der Waals surface area contributed by atoms with Gasteiger partial charge in [-0.15, -0.1) is 0 Å². The number of rotatable bonds is 8. The lowest BCUT2D eigenvalue weighted by Crippen LogP contribution is -2.09. The van der Waals surface area contributed by atoms with E-state index in [0.29, 0.717) is 17.5 Å². The SMILES string of the molecule is CCCCC(=O)c1ccc(OC)c(S(=O)(=O)Cc2cccnc2)c1. The number of pyridine rings is 1. The molecule has 1 heterocycles. The zero-order valence-corrected chi connectivity index (χ0v) is 14.7. The molecule has 0 N–H and O–H groups in total. The zero-order chi connectivity index (χ0) is 17.6. The number of Topliss-reactive ketones (excluding diaryl/α,β-unsaturated/α-hetero) is 1. The Labute approximate surface area is 142 Å². The first-order valence-corrected chi connectivity index (χ1v) is 9.46. The smallest absolute Gasteiger partial charge is 0.186 e. The van der Waals surface area contributed by atoms with Gasteiger partial charge in [-0.1, -0.05) is 19.4 Å². The number of unbranched alkanes of at least 4 members (excludes halogenated alkanes) is 1. The van der Waals surface area contributed by atoms with E-state index in [-0.39, 0.29) is 22.2 Å². The number of carbonyl (C=O) groups is 1. The molecule has 1 aromatic heterocycles. The Hall–Kier alpha value is -2.21. The number of carbonyl (C=O) groups excluding carboxylic acids is 1. The number of benzene rings is 1. The summed E-state index contributed by atoms with van der Waals surface area (Å²) in [6, 6.07) is 7.96. The number of methoxy groups -OCH3 is 1. The number of sulfone groups is 1. The molecule has 0 saturated heterocycles. The molecule has 1 aromatic carbocycles. The Morgan fingerprint density at radius 3 is 2.67 bits per heavy atom. The lowest BCUT2D eigenvalue weighted by molar-refractivity contribution is 0.0979. The van der Waals surface area contributed by atoms with Crippen LogP contribution in [0.1, 0.15) is 42.1 Å². The second-order valence-corrected chi connectivity index (χ2v) is 7.47. The van der Waals surface area contributed by atoms with Crippen LogP contribution in [0.5, 0.6) is 5.75 Å². The number of ether oxygens (including phenoxy) is 1. The molecule has 0 radical (unpaired) electrons. The summed E-state index contributed by atoms with van der Waals surface area (Å²) >= 11 is 0. The van der Waals surface area contributed by atoms with Crippen LogP contribution >= 0.6 is 0 Å². The summed E-state index contributed by atoms with van der Waals surface area (Å²) in [5, 5.41) is 0. The van der Waals surface area contributed by atoms with Gasteiger partial charge in [0.25, 0.3) is 0 Å². The molecule has 0 amide bonds. The molecule has 0 unspecified atom stereocenters. The summed E-state index contributed by atoms with van der Waals surface area (Å²) in [5.41, 5.74) is 0.983. The highest BCUT2D eigenvalue weighted by Crippen LogP contribution is 2.28. The normalized spacial score (nSPS) is 11.2. The molecule has 5 nitrogen and oxygen atoms in total. The van der Waals surface area contributed by atoms with Crippen LogP contribution in [0.15, 0.2) is 47.6 Å². The van der Waals surface area contributed by atoms with E-state index < -0.39 is 9.84 Å². The van der Waals surface area contributed by atoms with Gasteiger partial charge in [0.1, 0.15) is 10.6 Å². The molecule has 2 rings (SSSR count). The van der Waals surface area contributed by atoms with Crippen LogP contribution in [-0.2, 0) is 15.6 Å². The minimum atomic E-state index is -3.65. The van der Waals surface area contributed by atoms with E-state index >= 15 is 0 Å². The lowest BCUT2D eigenvalue weighted by Gasteiger charge is -2.11. The van der Waals surface area contributed by atoms with Crippen molar-refractivity contribution in [1.29, 1.82) is 0 Å². The molecule has 0 atom stereocenters. The van der Waals surface area contributed by atoms with Gasteiger partial charge in [-0.25, -0.2) is 8.42 Å². The van der Waals surface area contributed by atoms with E-state index in [1.807, 2.05) is 6.92 Å². The van der Waals surface area contributed by atoms with Crippen molar-refractivity contribution in [3.8, 4) is 5.75 Å². The fraction of sp³-hybridized carbons (Fsp3) is 0.333. The fourth-order valence-electron chi connectivity index (χ4n) is 2.36. The first kappa shape index (κ1) is 18.1. The average Bonchev–Trinajstić information content (AvgIpc) is 2.59. The predicted molar refractivity (Wildman–Crippen MR) is 92.0 cm³/mol. The molecule has 2 aromatic rings. The molecule has 6 heteroatoms. The van der Waals surface area contributed by atoms with Crippen molar-refractivity contribution < 1.29 is 17.9 Å². The van der Waals surface area contributed by atoms with Crippen molar-refractivity contribution in [2.75, 3.05) is 7.11 Å². The third-order valence-electron chi connectivity index (χ3n) is 3.66. The summed E-state index contributed by atoms with van der Waals surface area (Å²) in [5.74, 6) is -0.00709. The van der Waals surface area contributed by atoms with Crippen LogP contribution in [0.3, 0.4) is 0 Å². The van der Waals surface area contributed by atoms with E-state index in [1.165, 1.54) is 25.4 Å². The van der Waals surface area contributed by atoms with Crippen LogP contribution in [-0.4, -0.2) is 26.3 Å². The maximum Gasteiger partial charge on any atom is 0.186 e. The highest BCUT2D eigenvalue weighted by atomic mass is 32.2. The summed E-state index contributed by atoms with van der Waals surface area (Å²) in [4.78, 5) is 16.2. The van der Waals surface area contributed by atoms with Crippen LogP contribution in [0.25, 0.3) is 0 Å². The number of nitrogens with zero attached hydrogens (tertiary/aromatic N) is 1. The molecule has 0 bridgehead atoms. The lowest BCUT2D eigenvalue weighted by atomic mass is 10.1. The Bertz CT molecular complexity index is 801. The molecule has 0 saturated carbocycles. The second-order valence-electron chi connectivity index (χ2n) is 5.51. The molecule has 0 fully saturated rings. The summed E-state index contributed by atoms with van der Waals surface area (Å²) in [6.45, 7) is 2.01. The van der Waals surface area contributed by atoms with Gasteiger partial charge in [0.2, 0.25) is 0 Å². The van der Waals surface area contributed by atoms with Gasteiger partial charge in [0, 0.05) is 24.4 Å². The quantitative estimate of drug-likeness (QED) is 0.684. The summed E-state index contributed by atoms with van der Waals surface area (Å²) in [6.07, 6.45) is 5.20. The van der Waals surface area contributed by atoms with Crippen molar-refractivity contribution in [2.45, 2.75) is 36.8 Å². The van der Waals surface area contributed by atoms with Crippen molar-refractivity contribution in [3.63, 3.8) is 0 Å². The van der Waals surface area contributed by atoms with E-state index in [0.717, 1.165) is 12.8 Å². The monoisotopic (exact) mass is 347 g/mol. The number of hydrogen-bond acceptors (Lipinski definition) is 5. The van der Waals surface area contributed by atoms with E-state index in [9.17, 15) is 13.2 Å². The van der Waals surface area contributed by atoms with Gasteiger partial charge in [-0.05, 0) is 36.2 Å². The maximum atomic E-state index is 12.8. The Balaban J connectivity index is 2.37. The Morgan fingerprint density at radius 1 is 1.25 bits per heavy atom. The molecule has 0 spiro atoms. The fourth-order valence-corrected chi connectivity index (χ4v) is 3.89. The molecular weight excluding hydrogens is 326 g/mol. The topological polar surface area (TPSA) is 73.3 Å². The van der Waals surface area contributed by atoms with Crippen molar-refractivity contribution in [1.82, 2.24) is 4.98 Å². The van der Waals surface area contributed by atoms with Gasteiger partial charge in [-0.3, -0.25) is 9.78 Å². The minimum Gasteiger partial charge on any atom is -0.495 e. The molecule has 128 valence electrons. The first-order valence-electron chi connectivity index (χ1n) is 7.81. The Kier molecular flexibility index (Phi) is 6.09. The third-order valence-corrected chi connectivity index (χ3v) is 5.36. The number of ketones is 1. The van der Waals surface area contributed by atoms with E-state index in [1.54, 1.807) is 24.4 Å². The van der Waals surface area contributed by atoms with Crippen molar-refractivity contribution >= 4 is 15.6 Å². The third kappa shape index (κ3) is 4.41. The van der Waals surface area contributed by atoms with E-state index in [2.05, 4.69) is 4.98 Å². The van der Waals surface area contributed by atoms with Crippen LogP contribution in [0.4, 0.5) is 0 Å². The highest BCUT2D eigenvalue weighted by molar-refractivity contribution is 7.90. The summed E-state index contributed by atoms with van der Waals surface area (Å²) < 4.78 is 30.7. The van der Waals surface area contributed by atoms with Gasteiger partial charge in [-0.2, -0.15) is 0 Å². The largest absolute Gasteiger partial charge is 0.495 e. The zero-order valence-electron chi connectivity index (χ0n) is 13.9. The number of hydrogen-bond donors (Lipinski definition) is 0. The van der Waals surface area contributed by atoms with Gasteiger partial charge in [0.05, 0.1) is 12.9 Å². The van der Waals surface area contributed by atoms with Gasteiger partial charge in [0.15, 0.2) is 15.6 Å². The van der Waals surface area contributed by atoms with Gasteiger partial charge >= 0.3 is 0 Å². The molecule has 0 aliphatic carbocycles. The van der Waals surface area contributed by atoms with E-state index in [4.69, 9.17) is 4.74 Å². The number of aromatic nitrogens is 1. The average molecular weight is 347 g/mol. The first-order chi connectivity index (χ1) is 11.5. The van der Waals surface area contributed by atoms with Crippen LogP contribution < -0.4 is 4.74 Å². The Morgan fingerprint density at radius 2 is 2.04 bits per heavy atom. The minimum absolute atomic E-state index is 0.0381. The molecular formula is C18H21NO4S. The highest BCUT2D eigenvalue weighted by Gasteiger charge is 2.22. The second kappa shape index (κ2) is 8.06. The van der Waals surface area contributed by atoms with Gasteiger partial charge < -0.3 is 4.74 Å². The molecule has 24 heavy (non-hydrogen) atoms. The maximum absolute atomic E-state index is 12.8.